The predicted molar refractivity (Wildman–Crippen MR) is 49.4 cm³/mol. The highest BCUT2D eigenvalue weighted by Crippen LogP contribution is 2.18. The van der Waals surface area contributed by atoms with E-state index in [9.17, 15) is 0 Å². The van der Waals surface area contributed by atoms with Gasteiger partial charge in [-0.05, 0) is 12.8 Å². The highest BCUT2D eigenvalue weighted by Gasteiger charge is 2.24. The first-order valence-electron chi connectivity index (χ1n) is 4.65. The average molecular weight is 192 g/mol. The van der Waals surface area contributed by atoms with Gasteiger partial charge in [-0.3, -0.25) is 0 Å². The van der Waals surface area contributed by atoms with Crippen LogP contribution in [0.2, 0.25) is 0 Å². The third-order valence-corrected chi connectivity index (χ3v) is 2.33. The summed E-state index contributed by atoms with van der Waals surface area (Å²) in [7, 11) is 0. The maximum absolute atomic E-state index is 8.66. The van der Waals surface area contributed by atoms with Crippen LogP contribution in [0.5, 0.6) is 0 Å². The summed E-state index contributed by atoms with van der Waals surface area (Å²) in [4.78, 5) is 0. The lowest BCUT2D eigenvalue weighted by molar-refractivity contribution is 0.00304. The molecule has 1 heterocycles. The molecule has 0 radical (unpaired) electrons. The Labute approximate surface area is 79.2 Å². The zero-order chi connectivity index (χ0) is 10.2. The lowest BCUT2D eigenvalue weighted by Gasteiger charge is -2.24. The van der Waals surface area contributed by atoms with Crippen molar-refractivity contribution in [1.82, 2.24) is 0 Å². The Morgan fingerprint density at radius 2 is 1.38 bits per heavy atom. The maximum atomic E-state index is 8.66. The van der Waals surface area contributed by atoms with E-state index in [1.807, 2.05) is 6.92 Å². The fraction of sp³-hybridized carbons (Fsp3) is 1.00. The van der Waals surface area contributed by atoms with Gasteiger partial charge in [0.1, 0.15) is 0 Å². The van der Waals surface area contributed by atoms with Crippen molar-refractivity contribution in [3.8, 4) is 0 Å². The fourth-order valence-corrected chi connectivity index (χ4v) is 0.630. The molecule has 0 aliphatic carbocycles. The van der Waals surface area contributed by atoms with Gasteiger partial charge in [-0.15, -0.1) is 0 Å². The first-order chi connectivity index (χ1) is 6.24. The van der Waals surface area contributed by atoms with E-state index in [1.54, 1.807) is 0 Å². The molecule has 13 heavy (non-hydrogen) atoms. The summed E-state index contributed by atoms with van der Waals surface area (Å²) in [6.07, 6.45) is 1.87. The summed E-state index contributed by atoms with van der Waals surface area (Å²) in [6, 6.07) is 0. The fourth-order valence-electron chi connectivity index (χ4n) is 0.630. The molecule has 3 N–H and O–H groups in total. The molecule has 1 fully saturated rings. The number of hydrogen-bond donors (Lipinski definition) is 3. The molecule has 0 atom stereocenters. The van der Waals surface area contributed by atoms with Crippen LogP contribution in [0.25, 0.3) is 0 Å². The zero-order valence-electron chi connectivity index (χ0n) is 8.20. The minimum Gasteiger partial charge on any atom is -0.396 e. The van der Waals surface area contributed by atoms with E-state index in [0.717, 1.165) is 13.2 Å². The Balaban J connectivity index is 0.000000293. The molecule has 4 heteroatoms. The second kappa shape index (κ2) is 7.26. The number of aliphatic hydroxyl groups excluding tert-OH is 3. The minimum atomic E-state index is -0.667. The molecule has 1 aliphatic heterocycles. The number of hydrogen-bond acceptors (Lipinski definition) is 4. The van der Waals surface area contributed by atoms with E-state index in [4.69, 9.17) is 20.1 Å². The molecular formula is C9H20O4. The quantitative estimate of drug-likeness (QED) is 0.575. The maximum Gasteiger partial charge on any atom is 0.0531 e. The van der Waals surface area contributed by atoms with Crippen LogP contribution in [0.15, 0.2) is 0 Å². The Morgan fingerprint density at radius 3 is 1.38 bits per heavy atom. The van der Waals surface area contributed by atoms with E-state index in [1.165, 1.54) is 6.42 Å². The lowest BCUT2D eigenvalue weighted by atomic mass is 9.88. The van der Waals surface area contributed by atoms with Crippen LogP contribution >= 0.6 is 0 Å². The standard InChI is InChI=1S/C6H14O3.C3H6O/c1-2-6(3-7,4-8)5-9;1-2-4-3-1/h7-9H,2-5H2,1H3;1-3H2. The Hall–Kier alpha value is -0.160. The van der Waals surface area contributed by atoms with Crippen LogP contribution in [0, 0.1) is 5.41 Å². The Kier molecular flexibility index (Phi) is 7.17. The highest BCUT2D eigenvalue weighted by atomic mass is 16.5. The second-order valence-corrected chi connectivity index (χ2v) is 3.29. The van der Waals surface area contributed by atoms with Gasteiger partial charge >= 0.3 is 0 Å². The zero-order valence-corrected chi connectivity index (χ0v) is 8.20. The largest absolute Gasteiger partial charge is 0.396 e. The molecule has 1 rings (SSSR count). The molecule has 0 aromatic rings. The van der Waals surface area contributed by atoms with Crippen LogP contribution in [0.4, 0.5) is 0 Å². The summed E-state index contributed by atoms with van der Waals surface area (Å²) < 4.78 is 4.72. The van der Waals surface area contributed by atoms with E-state index in [2.05, 4.69) is 0 Å². The molecule has 0 aromatic heterocycles. The molecule has 1 aliphatic rings. The minimum absolute atomic E-state index is 0.156. The molecule has 0 aromatic carbocycles. The van der Waals surface area contributed by atoms with Gasteiger partial charge < -0.3 is 20.1 Å². The summed E-state index contributed by atoms with van der Waals surface area (Å²) in [5, 5.41) is 26.0. The second-order valence-electron chi connectivity index (χ2n) is 3.29. The smallest absolute Gasteiger partial charge is 0.0531 e. The summed E-state index contributed by atoms with van der Waals surface area (Å²) in [5.41, 5.74) is -0.667. The lowest BCUT2D eigenvalue weighted by Crippen LogP contribution is -2.32. The molecule has 0 saturated carbocycles. The van der Waals surface area contributed by atoms with Gasteiger partial charge in [0.05, 0.1) is 19.8 Å². The van der Waals surface area contributed by atoms with Crippen LogP contribution in [0.1, 0.15) is 19.8 Å². The van der Waals surface area contributed by atoms with E-state index >= 15 is 0 Å². The topological polar surface area (TPSA) is 69.9 Å². The van der Waals surface area contributed by atoms with Gasteiger partial charge in [-0.2, -0.15) is 0 Å². The Bertz CT molecular complexity index is 86.7. The predicted octanol–water partition coefficient (Wildman–Crippen LogP) is -0.234. The summed E-state index contributed by atoms with van der Waals surface area (Å²) in [6.45, 7) is 3.35. The van der Waals surface area contributed by atoms with Crippen molar-refractivity contribution >= 4 is 0 Å². The molecule has 0 amide bonds. The van der Waals surface area contributed by atoms with Crippen molar-refractivity contribution in [2.24, 2.45) is 5.41 Å². The van der Waals surface area contributed by atoms with Crippen LogP contribution in [-0.2, 0) is 4.74 Å². The van der Waals surface area contributed by atoms with Crippen LogP contribution in [0.3, 0.4) is 0 Å². The van der Waals surface area contributed by atoms with E-state index in [0.29, 0.717) is 6.42 Å². The third-order valence-electron chi connectivity index (χ3n) is 2.33. The van der Waals surface area contributed by atoms with Crippen molar-refractivity contribution in [3.05, 3.63) is 0 Å². The van der Waals surface area contributed by atoms with Crippen molar-refractivity contribution in [2.45, 2.75) is 19.8 Å². The van der Waals surface area contributed by atoms with Gasteiger partial charge in [0.2, 0.25) is 0 Å². The molecule has 0 unspecified atom stereocenters. The van der Waals surface area contributed by atoms with Gasteiger partial charge in [0, 0.05) is 18.6 Å². The van der Waals surface area contributed by atoms with Crippen molar-refractivity contribution < 1.29 is 20.1 Å². The average Bonchev–Trinajstić information content (AvgIpc) is 2.07. The molecule has 0 bridgehead atoms. The Morgan fingerprint density at radius 1 is 1.08 bits per heavy atom. The monoisotopic (exact) mass is 192 g/mol. The molecular weight excluding hydrogens is 172 g/mol. The van der Waals surface area contributed by atoms with Gasteiger partial charge in [-0.25, -0.2) is 0 Å². The van der Waals surface area contributed by atoms with Gasteiger partial charge in [0.15, 0.2) is 0 Å². The molecule has 4 nitrogen and oxygen atoms in total. The number of ether oxygens (including phenoxy) is 1. The van der Waals surface area contributed by atoms with Crippen molar-refractivity contribution in [3.63, 3.8) is 0 Å². The normalized spacial score (nSPS) is 15.7. The van der Waals surface area contributed by atoms with E-state index in [-0.39, 0.29) is 19.8 Å². The third kappa shape index (κ3) is 4.57. The highest BCUT2D eigenvalue weighted by molar-refractivity contribution is 4.74. The first-order valence-corrected chi connectivity index (χ1v) is 4.65. The summed E-state index contributed by atoms with van der Waals surface area (Å²) in [5.74, 6) is 0. The van der Waals surface area contributed by atoms with Crippen LogP contribution in [-0.4, -0.2) is 48.4 Å². The van der Waals surface area contributed by atoms with Crippen molar-refractivity contribution in [1.29, 1.82) is 0 Å². The van der Waals surface area contributed by atoms with Crippen molar-refractivity contribution in [2.75, 3.05) is 33.0 Å². The first kappa shape index (κ1) is 12.8. The molecule has 80 valence electrons. The van der Waals surface area contributed by atoms with Gasteiger partial charge in [0.25, 0.3) is 0 Å². The van der Waals surface area contributed by atoms with Gasteiger partial charge in [-0.1, -0.05) is 6.92 Å². The van der Waals surface area contributed by atoms with Crippen LogP contribution < -0.4 is 0 Å². The molecule has 1 saturated heterocycles. The number of rotatable bonds is 4. The number of aliphatic hydroxyl groups is 3. The van der Waals surface area contributed by atoms with E-state index < -0.39 is 5.41 Å². The summed E-state index contributed by atoms with van der Waals surface area (Å²) >= 11 is 0. The molecule has 0 spiro atoms. The SMILES string of the molecule is C1COC1.CCC(CO)(CO)CO.